The van der Waals surface area contributed by atoms with Gasteiger partial charge in [0.1, 0.15) is 5.82 Å². The van der Waals surface area contributed by atoms with E-state index in [0.717, 1.165) is 50.4 Å². The van der Waals surface area contributed by atoms with Crippen LogP contribution in [0.4, 0.5) is 4.39 Å². The lowest BCUT2D eigenvalue weighted by molar-refractivity contribution is 0.0636. The highest BCUT2D eigenvalue weighted by Crippen LogP contribution is 2.17. The van der Waals surface area contributed by atoms with Gasteiger partial charge in [0.05, 0.1) is 11.9 Å². The van der Waals surface area contributed by atoms with Crippen LogP contribution in [0.3, 0.4) is 0 Å². The van der Waals surface area contributed by atoms with E-state index in [4.69, 9.17) is 0 Å². The van der Waals surface area contributed by atoms with Gasteiger partial charge < -0.3 is 5.11 Å². The summed E-state index contributed by atoms with van der Waals surface area (Å²) in [6, 6.07) is 6.81. The van der Waals surface area contributed by atoms with Crippen molar-refractivity contribution in [2.24, 2.45) is 0 Å². The van der Waals surface area contributed by atoms with Gasteiger partial charge in [-0.3, -0.25) is 9.80 Å². The van der Waals surface area contributed by atoms with Crippen LogP contribution in [-0.4, -0.2) is 63.5 Å². The van der Waals surface area contributed by atoms with Crippen LogP contribution in [0.25, 0.3) is 5.69 Å². The number of rotatable bonds is 7. The van der Waals surface area contributed by atoms with E-state index in [1.807, 2.05) is 18.5 Å². The fourth-order valence-electron chi connectivity index (χ4n) is 3.52. The minimum Gasteiger partial charge on any atom is -0.396 e. The number of aliphatic hydroxyl groups excluding tert-OH is 1. The molecule has 2 heterocycles. The molecule has 1 unspecified atom stereocenters. The molecule has 1 fully saturated rings. The molecule has 1 N–H and O–H groups in total. The molecule has 1 aliphatic heterocycles. The van der Waals surface area contributed by atoms with Gasteiger partial charge in [0.15, 0.2) is 0 Å². The number of aromatic nitrogens is 2. The van der Waals surface area contributed by atoms with Crippen LogP contribution in [0.2, 0.25) is 0 Å². The monoisotopic (exact) mass is 372 g/mol. The van der Waals surface area contributed by atoms with E-state index in [2.05, 4.69) is 34.8 Å². The molecular formula is C21H29FN4O. The summed E-state index contributed by atoms with van der Waals surface area (Å²) in [5.74, 6) is -0.260. The summed E-state index contributed by atoms with van der Waals surface area (Å²) < 4.78 is 15.1. The summed E-state index contributed by atoms with van der Waals surface area (Å²) >= 11 is 0. The number of hydrogen-bond donors (Lipinski definition) is 1. The van der Waals surface area contributed by atoms with Crippen molar-refractivity contribution in [1.82, 2.24) is 19.6 Å². The molecule has 0 amide bonds. The van der Waals surface area contributed by atoms with E-state index in [-0.39, 0.29) is 12.4 Å². The van der Waals surface area contributed by atoms with Gasteiger partial charge >= 0.3 is 0 Å². The molecule has 3 rings (SSSR count). The maximum absolute atomic E-state index is 13.4. The second-order valence-corrected chi connectivity index (χ2v) is 7.45. The van der Waals surface area contributed by atoms with Crippen molar-refractivity contribution in [2.75, 3.05) is 32.8 Å². The zero-order valence-corrected chi connectivity index (χ0v) is 16.2. The first-order chi connectivity index (χ1) is 13.0. The summed E-state index contributed by atoms with van der Waals surface area (Å²) in [7, 11) is 0. The lowest BCUT2D eigenvalue weighted by atomic mass is 10.1. The second kappa shape index (κ2) is 9.26. The molecule has 27 heavy (non-hydrogen) atoms. The maximum atomic E-state index is 13.4. The van der Waals surface area contributed by atoms with E-state index in [0.29, 0.717) is 6.04 Å². The Morgan fingerprint density at radius 1 is 1.33 bits per heavy atom. The third-order valence-corrected chi connectivity index (χ3v) is 5.00. The molecule has 1 aromatic heterocycles. The van der Waals surface area contributed by atoms with Crippen LogP contribution in [0.5, 0.6) is 0 Å². The Bertz CT molecular complexity index is 769. The SMILES string of the molecule is CC(C)=CCN1CCN(Cc2cnn(-c3cccc(F)c3)c2)CC1CCO. The highest BCUT2D eigenvalue weighted by Gasteiger charge is 2.26. The van der Waals surface area contributed by atoms with E-state index < -0.39 is 0 Å². The molecule has 1 atom stereocenters. The quantitative estimate of drug-likeness (QED) is 0.759. The molecule has 6 heteroatoms. The number of aliphatic hydroxyl groups is 1. The largest absolute Gasteiger partial charge is 0.396 e. The molecule has 0 spiro atoms. The Morgan fingerprint density at radius 3 is 2.93 bits per heavy atom. The molecule has 0 bridgehead atoms. The summed E-state index contributed by atoms with van der Waals surface area (Å²) in [4.78, 5) is 4.86. The Balaban J connectivity index is 1.62. The summed E-state index contributed by atoms with van der Waals surface area (Å²) in [5.41, 5.74) is 3.16. The fraction of sp³-hybridized carbons (Fsp3) is 0.476. The average Bonchev–Trinajstić information content (AvgIpc) is 3.10. The van der Waals surface area contributed by atoms with E-state index in [1.54, 1.807) is 10.7 Å². The number of benzene rings is 1. The van der Waals surface area contributed by atoms with Gasteiger partial charge in [0, 0.05) is 57.1 Å². The fourth-order valence-corrected chi connectivity index (χ4v) is 3.52. The van der Waals surface area contributed by atoms with Gasteiger partial charge in [0.25, 0.3) is 0 Å². The topological polar surface area (TPSA) is 44.5 Å². The van der Waals surface area contributed by atoms with Crippen molar-refractivity contribution in [3.63, 3.8) is 0 Å². The van der Waals surface area contributed by atoms with Crippen molar-refractivity contribution in [2.45, 2.75) is 32.9 Å². The van der Waals surface area contributed by atoms with Crippen molar-refractivity contribution in [1.29, 1.82) is 0 Å². The van der Waals surface area contributed by atoms with Crippen LogP contribution < -0.4 is 0 Å². The molecule has 1 aliphatic rings. The zero-order chi connectivity index (χ0) is 19.2. The van der Waals surface area contributed by atoms with Crippen LogP contribution in [-0.2, 0) is 6.54 Å². The lowest BCUT2D eigenvalue weighted by Crippen LogP contribution is -2.53. The molecule has 0 radical (unpaired) electrons. The predicted molar refractivity (Wildman–Crippen MR) is 105 cm³/mol. The van der Waals surface area contributed by atoms with Crippen molar-refractivity contribution < 1.29 is 9.50 Å². The molecule has 5 nitrogen and oxygen atoms in total. The summed E-state index contributed by atoms with van der Waals surface area (Å²) in [6.07, 6.45) is 6.85. The number of hydrogen-bond acceptors (Lipinski definition) is 4. The second-order valence-electron chi connectivity index (χ2n) is 7.45. The van der Waals surface area contributed by atoms with Crippen molar-refractivity contribution in [3.8, 4) is 5.69 Å². The smallest absolute Gasteiger partial charge is 0.125 e. The van der Waals surface area contributed by atoms with E-state index in [9.17, 15) is 9.50 Å². The van der Waals surface area contributed by atoms with Gasteiger partial charge in [-0.1, -0.05) is 17.7 Å². The van der Waals surface area contributed by atoms with Crippen molar-refractivity contribution in [3.05, 3.63) is 59.7 Å². The van der Waals surface area contributed by atoms with Gasteiger partial charge in [-0.05, 0) is 38.5 Å². The first-order valence-corrected chi connectivity index (χ1v) is 9.55. The molecule has 0 aliphatic carbocycles. The van der Waals surface area contributed by atoms with Gasteiger partial charge in [-0.15, -0.1) is 0 Å². The Morgan fingerprint density at radius 2 is 2.19 bits per heavy atom. The zero-order valence-electron chi connectivity index (χ0n) is 16.2. The Kier molecular flexibility index (Phi) is 6.77. The molecule has 1 saturated heterocycles. The van der Waals surface area contributed by atoms with Crippen molar-refractivity contribution >= 4 is 0 Å². The third kappa shape index (κ3) is 5.48. The predicted octanol–water partition coefficient (Wildman–Crippen LogP) is 2.85. The molecule has 2 aromatic rings. The summed E-state index contributed by atoms with van der Waals surface area (Å²) in [5, 5.41) is 13.8. The summed E-state index contributed by atoms with van der Waals surface area (Å²) in [6.45, 7) is 9.12. The normalized spacial score (nSPS) is 18.6. The minimum absolute atomic E-state index is 0.210. The maximum Gasteiger partial charge on any atom is 0.125 e. The highest BCUT2D eigenvalue weighted by molar-refractivity contribution is 5.31. The lowest BCUT2D eigenvalue weighted by Gasteiger charge is -2.41. The minimum atomic E-state index is -0.260. The van der Waals surface area contributed by atoms with Gasteiger partial charge in [-0.2, -0.15) is 5.10 Å². The molecule has 1 aromatic carbocycles. The van der Waals surface area contributed by atoms with E-state index in [1.165, 1.54) is 17.7 Å². The van der Waals surface area contributed by atoms with Gasteiger partial charge in [-0.25, -0.2) is 9.07 Å². The Hall–Kier alpha value is -2.02. The molecule has 0 saturated carbocycles. The molecule has 146 valence electrons. The first-order valence-electron chi connectivity index (χ1n) is 9.55. The Labute approximate surface area is 160 Å². The standard InChI is InChI=1S/C21H29FN4O/c1-17(2)6-8-25-10-9-24(16-21(25)7-11-27)14-18-13-23-26(15-18)20-5-3-4-19(22)12-20/h3-6,12-13,15,21,27H,7-11,14,16H2,1-2H3. The van der Waals surface area contributed by atoms with Gasteiger partial charge in [0.2, 0.25) is 0 Å². The molecular weight excluding hydrogens is 343 g/mol. The van der Waals surface area contributed by atoms with Crippen LogP contribution >= 0.6 is 0 Å². The third-order valence-electron chi connectivity index (χ3n) is 5.00. The van der Waals surface area contributed by atoms with Crippen LogP contribution in [0, 0.1) is 5.82 Å². The average molecular weight is 372 g/mol. The van der Waals surface area contributed by atoms with Crippen LogP contribution in [0.1, 0.15) is 25.8 Å². The number of allylic oxidation sites excluding steroid dienone is 1. The van der Waals surface area contributed by atoms with E-state index >= 15 is 0 Å². The van der Waals surface area contributed by atoms with Crippen LogP contribution in [0.15, 0.2) is 48.3 Å². The number of piperazine rings is 1. The number of halogens is 1. The highest BCUT2D eigenvalue weighted by atomic mass is 19.1. The first kappa shape index (κ1) is 19.7. The number of nitrogens with zero attached hydrogens (tertiary/aromatic N) is 4.